The Bertz CT molecular complexity index is 7130. The molecular weight excluding hydrogens is 1380 g/mol. The predicted octanol–water partition coefficient (Wildman–Crippen LogP) is 29.4. The molecule has 544 valence electrons. The molecule has 0 aromatic heterocycles. The van der Waals surface area contributed by atoms with Crippen LogP contribution >= 0.6 is 0 Å². The van der Waals surface area contributed by atoms with Crippen LogP contribution < -0.4 is 4.74 Å². The summed E-state index contributed by atoms with van der Waals surface area (Å²) in [6.07, 6.45) is 0. The quantitative estimate of drug-likeness (QED) is 0.123. The zero-order chi connectivity index (χ0) is 77.9. The van der Waals surface area contributed by atoms with Gasteiger partial charge in [-0.05, 0) is 244 Å². The minimum Gasteiger partial charge on any atom is -0.497 e. The second-order valence-corrected chi connectivity index (χ2v) is 32.8. The summed E-state index contributed by atoms with van der Waals surface area (Å²) in [5.41, 5.74) is 35.6. The highest BCUT2D eigenvalue weighted by molar-refractivity contribution is 6.25. The first-order valence-corrected chi connectivity index (χ1v) is 39.8. The summed E-state index contributed by atoms with van der Waals surface area (Å²) in [7, 11) is 1.72. The largest absolute Gasteiger partial charge is 0.497 e. The van der Waals surface area contributed by atoms with Crippen LogP contribution in [-0.4, -0.2) is 7.11 Å². The lowest BCUT2D eigenvalue weighted by atomic mass is 9.80. The molecule has 18 aromatic rings. The molecule has 0 bridgehead atoms. The average Bonchev–Trinajstić information content (AvgIpc) is 1.55. The maximum atomic E-state index is 9.37. The smallest absolute Gasteiger partial charge is 0.118 e. The number of fused-ring (bicyclic) bond motifs is 15. The van der Waals surface area contributed by atoms with E-state index in [-0.39, 0.29) is 16.2 Å². The van der Waals surface area contributed by atoms with Gasteiger partial charge in [-0.15, -0.1) is 0 Å². The summed E-state index contributed by atoms with van der Waals surface area (Å²) >= 11 is 0. The van der Waals surface area contributed by atoms with Crippen molar-refractivity contribution >= 4 is 64.6 Å². The Hall–Kier alpha value is -13.6. The van der Waals surface area contributed by atoms with E-state index in [2.05, 4.69) is 384 Å². The second kappa shape index (κ2) is 27.7. The summed E-state index contributed by atoms with van der Waals surface area (Å²) in [6, 6.07) is 123. The van der Waals surface area contributed by atoms with E-state index in [0.29, 0.717) is 5.56 Å². The number of rotatable bonds is 6. The lowest BCUT2D eigenvalue weighted by Crippen LogP contribution is -2.14. The molecule has 0 saturated heterocycles. The van der Waals surface area contributed by atoms with Gasteiger partial charge in [-0.2, -0.15) is 5.26 Å². The molecule has 0 radical (unpaired) electrons. The Morgan fingerprint density at radius 1 is 0.237 bits per heavy atom. The summed E-state index contributed by atoms with van der Waals surface area (Å²) in [5.74, 6) is 7.88. The van der Waals surface area contributed by atoms with Crippen molar-refractivity contribution in [3.05, 3.63) is 400 Å². The summed E-state index contributed by atoms with van der Waals surface area (Å²) in [6.45, 7) is 20.7. The monoisotopic (exact) mass is 1460 g/mol. The predicted molar refractivity (Wildman–Crippen MR) is 482 cm³/mol. The van der Waals surface area contributed by atoms with Gasteiger partial charge in [0.1, 0.15) is 5.75 Å². The SMILES string of the molecule is COc1ccc(-c2c3ccccc3c(-c3cccc4c3-c3ccccc3C4(C)C)c3cc(C)ccc23)cc1.Cc1ccc2c(-c3ccc(C#N)cc3)c3ccccc3c(-c3cccc4c3-c3ccccc3C4(C)C)c2c1.Cc1ccc2c(C#Cc3ccccc3)c3ccccc3c(-c3cccc4c3-c3ccccc3C4(C)C)c2c1. The Balaban J connectivity index is 0.000000115. The fraction of sp³-hybridized carbons (Fsp3) is 0.116. The van der Waals surface area contributed by atoms with Crippen molar-refractivity contribution in [2.75, 3.05) is 7.11 Å². The van der Waals surface area contributed by atoms with Gasteiger partial charge in [-0.3, -0.25) is 0 Å². The highest BCUT2D eigenvalue weighted by atomic mass is 16.5. The lowest BCUT2D eigenvalue weighted by molar-refractivity contribution is 0.415. The van der Waals surface area contributed by atoms with Gasteiger partial charge in [0.05, 0.1) is 18.7 Å². The van der Waals surface area contributed by atoms with Crippen LogP contribution in [0, 0.1) is 43.9 Å². The first-order chi connectivity index (χ1) is 55.5. The topological polar surface area (TPSA) is 33.0 Å². The number of aryl methyl sites for hydroxylation is 3. The van der Waals surface area contributed by atoms with Crippen molar-refractivity contribution in [1.82, 2.24) is 0 Å². The van der Waals surface area contributed by atoms with Crippen LogP contribution in [0.2, 0.25) is 0 Å². The van der Waals surface area contributed by atoms with E-state index in [9.17, 15) is 5.26 Å². The van der Waals surface area contributed by atoms with Crippen molar-refractivity contribution in [2.45, 2.75) is 78.6 Å². The Labute approximate surface area is 668 Å². The van der Waals surface area contributed by atoms with Crippen LogP contribution in [0.25, 0.3) is 154 Å². The number of benzene rings is 18. The minimum absolute atomic E-state index is 0.0352. The fourth-order valence-corrected chi connectivity index (χ4v) is 19.5. The van der Waals surface area contributed by atoms with Crippen molar-refractivity contribution in [2.24, 2.45) is 0 Å². The number of hydrogen-bond acceptors (Lipinski definition) is 2. The molecular formula is C112H85NO. The molecule has 18 aromatic carbocycles. The van der Waals surface area contributed by atoms with E-state index in [4.69, 9.17) is 4.74 Å². The van der Waals surface area contributed by atoms with Gasteiger partial charge in [-0.25, -0.2) is 0 Å². The molecule has 0 N–H and O–H groups in total. The van der Waals surface area contributed by atoms with E-state index in [1.165, 1.54) is 198 Å². The zero-order valence-corrected chi connectivity index (χ0v) is 66.1. The second-order valence-electron chi connectivity index (χ2n) is 32.8. The van der Waals surface area contributed by atoms with Crippen LogP contribution in [0.4, 0.5) is 0 Å². The van der Waals surface area contributed by atoms with Gasteiger partial charge in [0.25, 0.3) is 0 Å². The van der Waals surface area contributed by atoms with E-state index in [1.807, 2.05) is 30.3 Å². The third-order valence-corrected chi connectivity index (χ3v) is 25.0. The number of ether oxygens (including phenoxy) is 1. The Morgan fingerprint density at radius 2 is 0.535 bits per heavy atom. The van der Waals surface area contributed by atoms with Crippen LogP contribution in [0.5, 0.6) is 5.75 Å². The molecule has 3 aliphatic rings. The maximum Gasteiger partial charge on any atom is 0.118 e. The van der Waals surface area contributed by atoms with Crippen molar-refractivity contribution in [3.63, 3.8) is 0 Å². The van der Waals surface area contributed by atoms with Gasteiger partial charge in [-0.1, -0.05) is 367 Å². The molecule has 0 atom stereocenters. The van der Waals surface area contributed by atoms with Gasteiger partial charge < -0.3 is 4.74 Å². The van der Waals surface area contributed by atoms with Crippen LogP contribution in [0.3, 0.4) is 0 Å². The molecule has 0 unspecified atom stereocenters. The number of nitrogens with zero attached hydrogens (tertiary/aromatic N) is 1. The van der Waals surface area contributed by atoms with Crippen molar-refractivity contribution < 1.29 is 4.74 Å². The molecule has 2 heteroatoms. The first-order valence-electron chi connectivity index (χ1n) is 39.8. The van der Waals surface area contributed by atoms with Crippen LogP contribution in [0.1, 0.15) is 108 Å². The van der Waals surface area contributed by atoms with E-state index < -0.39 is 0 Å². The van der Waals surface area contributed by atoms with Crippen molar-refractivity contribution in [3.8, 4) is 113 Å². The molecule has 0 spiro atoms. The maximum absolute atomic E-state index is 9.37. The molecule has 21 rings (SSSR count). The molecule has 0 saturated carbocycles. The summed E-state index contributed by atoms with van der Waals surface area (Å²) in [4.78, 5) is 0. The van der Waals surface area contributed by atoms with Gasteiger partial charge >= 0.3 is 0 Å². The van der Waals surface area contributed by atoms with E-state index >= 15 is 0 Å². The molecule has 0 amide bonds. The number of nitriles is 1. The molecule has 0 fully saturated rings. The van der Waals surface area contributed by atoms with Crippen molar-refractivity contribution in [1.29, 1.82) is 5.26 Å². The number of methoxy groups -OCH3 is 1. The number of hydrogen-bond donors (Lipinski definition) is 0. The molecule has 114 heavy (non-hydrogen) atoms. The van der Waals surface area contributed by atoms with E-state index in [1.54, 1.807) is 7.11 Å². The first kappa shape index (κ1) is 70.7. The van der Waals surface area contributed by atoms with Crippen LogP contribution in [-0.2, 0) is 16.2 Å². The normalized spacial score (nSPS) is 13.3. The molecule has 0 aliphatic heterocycles. The summed E-state index contributed by atoms with van der Waals surface area (Å²) in [5, 5.41) is 24.4. The molecule has 0 heterocycles. The van der Waals surface area contributed by atoms with Gasteiger partial charge in [0, 0.05) is 27.4 Å². The lowest BCUT2D eigenvalue weighted by Gasteiger charge is -2.22. The Kier molecular flexibility index (Phi) is 17.2. The fourth-order valence-electron chi connectivity index (χ4n) is 19.5. The highest BCUT2D eigenvalue weighted by Crippen LogP contribution is 2.59. The highest BCUT2D eigenvalue weighted by Gasteiger charge is 2.40. The van der Waals surface area contributed by atoms with Gasteiger partial charge in [0.2, 0.25) is 0 Å². The average molecular weight is 1460 g/mol. The summed E-state index contributed by atoms with van der Waals surface area (Å²) < 4.78 is 5.46. The minimum atomic E-state index is -0.0497. The third-order valence-electron chi connectivity index (χ3n) is 25.0. The molecule has 2 nitrogen and oxygen atoms in total. The van der Waals surface area contributed by atoms with Crippen LogP contribution in [0.15, 0.2) is 334 Å². The zero-order valence-electron chi connectivity index (χ0n) is 66.1. The third kappa shape index (κ3) is 11.4. The Morgan fingerprint density at radius 3 is 0.930 bits per heavy atom. The standard InChI is InChI=1S/C38H28.C37H27N.C37H30O/c1-25-20-22-29-28(23-21-26-12-5-4-6-13-26)27-14-7-8-15-30(27)36(33(29)24-25)32-17-11-19-35-37(32)31-16-9-10-18-34(31)38(35,2)3;1-23-15-20-28-31(21-23)35(27-10-5-4-9-26(27)34(28)25-18-16-24(22-38)17-19-25)30-12-8-14-33-36(30)29-11-6-7-13-32(29)37(33,2)3;1-23-16-21-28-31(22-23)35(27-11-6-5-10-26(27)34(28)24-17-19-25(38-4)20-18-24)30-13-9-15-33-36(30)29-12-7-8-14-32(29)37(33,2)3/h4-20,22,24H,1-3H3;4-21H,1-3H3;5-22H,1-4H3. The van der Waals surface area contributed by atoms with E-state index in [0.717, 1.165) is 22.4 Å². The molecule has 3 aliphatic carbocycles. The van der Waals surface area contributed by atoms with Gasteiger partial charge in [0.15, 0.2) is 0 Å².